The van der Waals surface area contributed by atoms with Crippen LogP contribution in [0.3, 0.4) is 0 Å². The summed E-state index contributed by atoms with van der Waals surface area (Å²) in [5.41, 5.74) is 1.25. The van der Waals surface area contributed by atoms with Crippen LogP contribution in [0.4, 0.5) is 0 Å². The molecule has 0 atom stereocenters. The number of hydrazone groups is 1. The standard InChI is InChI=1S/C9H8N2S2/c10-11-5-8-4-7(6-13-8)9-2-1-3-12-9/h1-6H,10H2/b11-5+. The molecule has 0 aromatic carbocycles. The van der Waals surface area contributed by atoms with Crippen molar-refractivity contribution in [1.82, 2.24) is 0 Å². The van der Waals surface area contributed by atoms with Gasteiger partial charge in [-0.05, 0) is 17.5 Å². The van der Waals surface area contributed by atoms with E-state index in [4.69, 9.17) is 5.84 Å². The highest BCUT2D eigenvalue weighted by atomic mass is 32.1. The lowest BCUT2D eigenvalue weighted by Gasteiger charge is -1.86. The zero-order chi connectivity index (χ0) is 9.10. The molecule has 2 heterocycles. The predicted molar refractivity (Wildman–Crippen MR) is 59.4 cm³/mol. The van der Waals surface area contributed by atoms with Gasteiger partial charge in [0.15, 0.2) is 0 Å². The molecule has 0 saturated carbocycles. The third kappa shape index (κ3) is 1.79. The fourth-order valence-corrected chi connectivity index (χ4v) is 2.63. The summed E-state index contributed by atoms with van der Waals surface area (Å²) in [7, 11) is 0. The third-order valence-electron chi connectivity index (χ3n) is 1.63. The van der Waals surface area contributed by atoms with E-state index < -0.39 is 0 Å². The Kier molecular flexibility index (Phi) is 2.42. The fraction of sp³-hybridized carbons (Fsp3) is 0. The van der Waals surface area contributed by atoms with Gasteiger partial charge in [-0.25, -0.2) is 0 Å². The third-order valence-corrected chi connectivity index (χ3v) is 3.41. The molecule has 0 unspecified atom stereocenters. The van der Waals surface area contributed by atoms with E-state index >= 15 is 0 Å². The first kappa shape index (κ1) is 8.47. The number of thiophene rings is 2. The summed E-state index contributed by atoms with van der Waals surface area (Å²) in [5, 5.41) is 7.68. The predicted octanol–water partition coefficient (Wildman–Crippen LogP) is 2.77. The molecule has 0 bridgehead atoms. The van der Waals surface area contributed by atoms with Gasteiger partial charge in [0.05, 0.1) is 6.21 Å². The molecule has 0 aliphatic heterocycles. The molecule has 0 spiro atoms. The maximum atomic E-state index is 5.07. The van der Waals surface area contributed by atoms with Gasteiger partial charge in [0.25, 0.3) is 0 Å². The Labute approximate surface area is 84.3 Å². The van der Waals surface area contributed by atoms with Crippen LogP contribution >= 0.6 is 22.7 Å². The lowest BCUT2D eigenvalue weighted by atomic mass is 10.2. The number of rotatable bonds is 2. The normalized spacial score (nSPS) is 11.1. The Morgan fingerprint density at radius 1 is 1.38 bits per heavy atom. The van der Waals surface area contributed by atoms with Crippen LogP contribution in [-0.4, -0.2) is 6.21 Å². The number of hydrogen-bond acceptors (Lipinski definition) is 4. The largest absolute Gasteiger partial charge is 0.323 e. The van der Waals surface area contributed by atoms with E-state index in [2.05, 4.69) is 28.0 Å². The second-order valence-electron chi connectivity index (χ2n) is 2.49. The minimum atomic E-state index is 1.09. The van der Waals surface area contributed by atoms with Gasteiger partial charge in [-0.2, -0.15) is 5.10 Å². The van der Waals surface area contributed by atoms with Crippen LogP contribution < -0.4 is 5.84 Å². The van der Waals surface area contributed by atoms with E-state index in [1.54, 1.807) is 28.9 Å². The van der Waals surface area contributed by atoms with Crippen molar-refractivity contribution in [3.8, 4) is 10.4 Å². The Morgan fingerprint density at radius 3 is 3.00 bits per heavy atom. The molecule has 66 valence electrons. The molecule has 2 nitrogen and oxygen atoms in total. The summed E-state index contributed by atoms with van der Waals surface area (Å²) >= 11 is 3.39. The Morgan fingerprint density at radius 2 is 2.31 bits per heavy atom. The summed E-state index contributed by atoms with van der Waals surface area (Å²) in [6.45, 7) is 0. The van der Waals surface area contributed by atoms with E-state index in [0.717, 1.165) is 4.88 Å². The van der Waals surface area contributed by atoms with Crippen LogP contribution in [0.25, 0.3) is 10.4 Å². The molecule has 0 saturated heterocycles. The highest BCUT2D eigenvalue weighted by Gasteiger charge is 2.00. The van der Waals surface area contributed by atoms with Gasteiger partial charge in [0.1, 0.15) is 0 Å². The monoisotopic (exact) mass is 208 g/mol. The first-order valence-electron chi connectivity index (χ1n) is 3.76. The molecule has 2 aromatic rings. The van der Waals surface area contributed by atoms with Crippen molar-refractivity contribution in [1.29, 1.82) is 0 Å². The van der Waals surface area contributed by atoms with Crippen molar-refractivity contribution in [3.63, 3.8) is 0 Å². The van der Waals surface area contributed by atoms with E-state index in [-0.39, 0.29) is 0 Å². The van der Waals surface area contributed by atoms with E-state index in [9.17, 15) is 0 Å². The van der Waals surface area contributed by atoms with Crippen LogP contribution in [0.15, 0.2) is 34.1 Å². The lowest BCUT2D eigenvalue weighted by molar-refractivity contribution is 1.27. The maximum Gasteiger partial charge on any atom is 0.0638 e. The molecule has 0 amide bonds. The zero-order valence-corrected chi connectivity index (χ0v) is 8.44. The average molecular weight is 208 g/mol. The first-order chi connectivity index (χ1) is 6.40. The second kappa shape index (κ2) is 3.72. The highest BCUT2D eigenvalue weighted by molar-refractivity contribution is 7.15. The van der Waals surface area contributed by atoms with Crippen molar-refractivity contribution in [2.45, 2.75) is 0 Å². The van der Waals surface area contributed by atoms with Gasteiger partial charge in [-0.3, -0.25) is 0 Å². The van der Waals surface area contributed by atoms with Gasteiger partial charge in [0.2, 0.25) is 0 Å². The Hall–Kier alpha value is -1.13. The van der Waals surface area contributed by atoms with Crippen molar-refractivity contribution < 1.29 is 0 Å². The number of hydrogen-bond donors (Lipinski definition) is 1. The Bertz CT molecular complexity index is 401. The molecule has 0 fully saturated rings. The van der Waals surface area contributed by atoms with Gasteiger partial charge < -0.3 is 5.84 Å². The van der Waals surface area contributed by atoms with Crippen molar-refractivity contribution in [2.24, 2.45) is 10.9 Å². The summed E-state index contributed by atoms with van der Waals surface area (Å²) in [6, 6.07) is 6.25. The molecule has 0 aliphatic carbocycles. The SMILES string of the molecule is N/N=C/c1cc(-c2cccs2)cs1. The zero-order valence-electron chi connectivity index (χ0n) is 6.81. The number of nitrogens with two attached hydrogens (primary N) is 1. The quantitative estimate of drug-likeness (QED) is 0.460. The van der Waals surface area contributed by atoms with Crippen LogP contribution in [0.2, 0.25) is 0 Å². The molecular weight excluding hydrogens is 200 g/mol. The van der Waals surface area contributed by atoms with Gasteiger partial charge in [0, 0.05) is 20.7 Å². The molecule has 13 heavy (non-hydrogen) atoms. The van der Waals surface area contributed by atoms with Crippen LogP contribution in [-0.2, 0) is 0 Å². The molecule has 0 aliphatic rings. The highest BCUT2D eigenvalue weighted by Crippen LogP contribution is 2.28. The molecule has 2 rings (SSSR count). The fourth-order valence-electron chi connectivity index (χ4n) is 1.07. The molecular formula is C9H8N2S2. The van der Waals surface area contributed by atoms with Crippen LogP contribution in [0.1, 0.15) is 4.88 Å². The van der Waals surface area contributed by atoms with Crippen LogP contribution in [0.5, 0.6) is 0 Å². The summed E-state index contributed by atoms with van der Waals surface area (Å²) in [5.74, 6) is 5.07. The summed E-state index contributed by atoms with van der Waals surface area (Å²) < 4.78 is 0. The van der Waals surface area contributed by atoms with Crippen molar-refractivity contribution in [2.75, 3.05) is 0 Å². The van der Waals surface area contributed by atoms with Crippen molar-refractivity contribution in [3.05, 3.63) is 33.8 Å². The second-order valence-corrected chi connectivity index (χ2v) is 4.38. The van der Waals surface area contributed by atoms with Crippen molar-refractivity contribution >= 4 is 28.9 Å². The average Bonchev–Trinajstić information content (AvgIpc) is 2.70. The Balaban J connectivity index is 2.33. The lowest BCUT2D eigenvalue weighted by Crippen LogP contribution is -1.80. The first-order valence-corrected chi connectivity index (χ1v) is 5.52. The van der Waals surface area contributed by atoms with E-state index in [1.807, 2.05) is 6.07 Å². The maximum absolute atomic E-state index is 5.07. The van der Waals surface area contributed by atoms with Gasteiger partial charge >= 0.3 is 0 Å². The van der Waals surface area contributed by atoms with Crippen LogP contribution in [0, 0.1) is 0 Å². The molecule has 2 N–H and O–H groups in total. The van der Waals surface area contributed by atoms with E-state index in [0.29, 0.717) is 0 Å². The van der Waals surface area contributed by atoms with Gasteiger partial charge in [-0.1, -0.05) is 6.07 Å². The number of nitrogens with zero attached hydrogens (tertiary/aromatic N) is 1. The minimum absolute atomic E-state index is 1.09. The summed E-state index contributed by atoms with van der Waals surface area (Å²) in [6.07, 6.45) is 1.67. The van der Waals surface area contributed by atoms with Gasteiger partial charge in [-0.15, -0.1) is 22.7 Å². The smallest absolute Gasteiger partial charge is 0.0638 e. The molecule has 4 heteroatoms. The molecule has 0 radical (unpaired) electrons. The minimum Gasteiger partial charge on any atom is -0.323 e. The summed E-state index contributed by atoms with van der Waals surface area (Å²) in [4.78, 5) is 2.37. The van der Waals surface area contributed by atoms with E-state index in [1.165, 1.54) is 10.4 Å². The molecule has 2 aromatic heterocycles. The topological polar surface area (TPSA) is 38.4 Å².